The second-order valence-electron chi connectivity index (χ2n) is 4.14. The van der Waals surface area contributed by atoms with Crippen LogP contribution >= 0.6 is 23.1 Å². The Bertz CT molecular complexity index is 607. The van der Waals surface area contributed by atoms with Gasteiger partial charge in [-0.05, 0) is 19.1 Å². The van der Waals surface area contributed by atoms with Crippen molar-refractivity contribution in [2.75, 3.05) is 6.54 Å². The van der Waals surface area contributed by atoms with Gasteiger partial charge in [-0.25, -0.2) is 4.98 Å². The fourth-order valence-corrected chi connectivity index (χ4v) is 3.33. The van der Waals surface area contributed by atoms with Crippen molar-refractivity contribution in [3.8, 4) is 0 Å². The lowest BCUT2D eigenvalue weighted by atomic mass is 10.2. The topological polar surface area (TPSA) is 42.0 Å². The molecule has 2 rings (SSSR count). The van der Waals surface area contributed by atoms with Gasteiger partial charge in [-0.15, -0.1) is 29.7 Å². The van der Waals surface area contributed by atoms with Crippen LogP contribution in [0.25, 0.3) is 0 Å². The van der Waals surface area contributed by atoms with Gasteiger partial charge in [-0.3, -0.25) is 4.79 Å². The summed E-state index contributed by atoms with van der Waals surface area (Å²) in [7, 11) is 0. The number of thioether (sulfide) groups is 1. The predicted molar refractivity (Wildman–Crippen MR) is 85.4 cm³/mol. The van der Waals surface area contributed by atoms with E-state index in [2.05, 4.69) is 22.3 Å². The van der Waals surface area contributed by atoms with Crippen LogP contribution < -0.4 is 5.32 Å². The van der Waals surface area contributed by atoms with Crippen molar-refractivity contribution in [2.24, 2.45) is 0 Å². The van der Waals surface area contributed by atoms with Crippen molar-refractivity contribution >= 4 is 29.0 Å². The smallest absolute Gasteiger partial charge is 0.252 e. The van der Waals surface area contributed by atoms with Crippen molar-refractivity contribution in [3.05, 3.63) is 58.6 Å². The van der Waals surface area contributed by atoms with Gasteiger partial charge in [0.2, 0.25) is 0 Å². The van der Waals surface area contributed by atoms with Crippen molar-refractivity contribution in [2.45, 2.75) is 17.6 Å². The zero-order chi connectivity index (χ0) is 14.4. The van der Waals surface area contributed by atoms with Gasteiger partial charge < -0.3 is 5.32 Å². The van der Waals surface area contributed by atoms with Crippen LogP contribution in [0, 0.1) is 6.92 Å². The SMILES string of the molecule is C=CCNC(=O)c1ccccc1SCc1csc(C)n1. The minimum absolute atomic E-state index is 0.0672. The zero-order valence-electron chi connectivity index (χ0n) is 11.3. The highest BCUT2D eigenvalue weighted by Crippen LogP contribution is 2.26. The molecule has 0 atom stereocenters. The van der Waals surface area contributed by atoms with Gasteiger partial charge in [-0.2, -0.15) is 0 Å². The van der Waals surface area contributed by atoms with Crippen molar-refractivity contribution in [3.63, 3.8) is 0 Å². The third-order valence-electron chi connectivity index (χ3n) is 2.58. The van der Waals surface area contributed by atoms with Gasteiger partial charge in [0.05, 0.1) is 16.3 Å². The highest BCUT2D eigenvalue weighted by atomic mass is 32.2. The summed E-state index contributed by atoms with van der Waals surface area (Å²) in [5, 5.41) is 5.93. The summed E-state index contributed by atoms with van der Waals surface area (Å²) in [6.07, 6.45) is 1.67. The van der Waals surface area contributed by atoms with Crippen LogP contribution in [0.15, 0.2) is 47.2 Å². The summed E-state index contributed by atoms with van der Waals surface area (Å²) >= 11 is 3.28. The lowest BCUT2D eigenvalue weighted by Crippen LogP contribution is -2.23. The first-order chi connectivity index (χ1) is 9.70. The Morgan fingerprint density at radius 3 is 3.00 bits per heavy atom. The molecule has 1 amide bonds. The average Bonchev–Trinajstić information content (AvgIpc) is 2.88. The molecule has 0 radical (unpaired) electrons. The third-order valence-corrected chi connectivity index (χ3v) is 4.51. The van der Waals surface area contributed by atoms with Crippen LogP contribution in [0.5, 0.6) is 0 Å². The third kappa shape index (κ3) is 3.95. The van der Waals surface area contributed by atoms with Crippen LogP contribution in [0.3, 0.4) is 0 Å². The molecule has 0 aliphatic heterocycles. The number of nitrogens with zero attached hydrogens (tertiary/aromatic N) is 1. The molecule has 1 aromatic heterocycles. The van der Waals surface area contributed by atoms with Crippen molar-refractivity contribution in [1.29, 1.82) is 0 Å². The lowest BCUT2D eigenvalue weighted by molar-refractivity contribution is 0.0955. The number of thiazole rings is 1. The monoisotopic (exact) mass is 304 g/mol. The number of rotatable bonds is 6. The molecule has 2 aromatic rings. The number of aryl methyl sites for hydroxylation is 1. The summed E-state index contributed by atoms with van der Waals surface area (Å²) < 4.78 is 0. The first-order valence-corrected chi connectivity index (χ1v) is 8.09. The quantitative estimate of drug-likeness (QED) is 0.654. The fraction of sp³-hybridized carbons (Fsp3) is 0.200. The number of benzene rings is 1. The Morgan fingerprint density at radius 2 is 2.30 bits per heavy atom. The molecule has 1 heterocycles. The van der Waals surface area contributed by atoms with E-state index in [0.717, 1.165) is 21.3 Å². The largest absolute Gasteiger partial charge is 0.349 e. The van der Waals surface area contributed by atoms with E-state index in [1.54, 1.807) is 29.2 Å². The standard InChI is InChI=1S/C15H16N2OS2/c1-3-8-16-15(18)13-6-4-5-7-14(13)20-10-12-9-19-11(2)17-12/h3-7,9H,1,8,10H2,2H3,(H,16,18). The molecule has 104 valence electrons. The molecular formula is C15H16N2OS2. The molecule has 1 aromatic carbocycles. The van der Waals surface area contributed by atoms with E-state index in [4.69, 9.17) is 0 Å². The maximum atomic E-state index is 12.1. The Balaban J connectivity index is 2.07. The molecule has 0 aliphatic rings. The first-order valence-electron chi connectivity index (χ1n) is 6.22. The number of hydrogen-bond donors (Lipinski definition) is 1. The molecule has 0 spiro atoms. The molecule has 20 heavy (non-hydrogen) atoms. The Morgan fingerprint density at radius 1 is 1.50 bits per heavy atom. The van der Waals surface area contributed by atoms with Crippen LogP contribution in [0.2, 0.25) is 0 Å². The first kappa shape index (κ1) is 14.8. The normalized spacial score (nSPS) is 10.2. The van der Waals surface area contributed by atoms with Gasteiger partial charge in [0, 0.05) is 22.6 Å². The molecule has 0 saturated heterocycles. The molecule has 1 N–H and O–H groups in total. The minimum atomic E-state index is -0.0672. The van der Waals surface area contributed by atoms with Gasteiger partial charge in [0.1, 0.15) is 0 Å². The number of aromatic nitrogens is 1. The van der Waals surface area contributed by atoms with E-state index in [1.165, 1.54) is 0 Å². The van der Waals surface area contributed by atoms with E-state index in [9.17, 15) is 4.79 Å². The van der Waals surface area contributed by atoms with E-state index < -0.39 is 0 Å². The molecule has 3 nitrogen and oxygen atoms in total. The van der Waals surface area contributed by atoms with Crippen LogP contribution in [-0.2, 0) is 5.75 Å². The molecule has 0 fully saturated rings. The van der Waals surface area contributed by atoms with E-state index in [-0.39, 0.29) is 5.91 Å². The number of hydrogen-bond acceptors (Lipinski definition) is 4. The zero-order valence-corrected chi connectivity index (χ0v) is 12.9. The number of nitrogens with one attached hydrogen (secondary N) is 1. The fourth-order valence-electron chi connectivity index (χ4n) is 1.67. The summed E-state index contributed by atoms with van der Waals surface area (Å²) in [5.41, 5.74) is 1.75. The van der Waals surface area contributed by atoms with Crippen molar-refractivity contribution < 1.29 is 4.79 Å². The van der Waals surface area contributed by atoms with Crippen LogP contribution in [-0.4, -0.2) is 17.4 Å². The number of carbonyl (C=O) groups is 1. The molecule has 0 bridgehead atoms. The lowest BCUT2D eigenvalue weighted by Gasteiger charge is -2.08. The van der Waals surface area contributed by atoms with Crippen LogP contribution in [0.4, 0.5) is 0 Å². The van der Waals surface area contributed by atoms with Crippen molar-refractivity contribution in [1.82, 2.24) is 10.3 Å². The van der Waals surface area contributed by atoms with E-state index >= 15 is 0 Å². The molecule has 5 heteroatoms. The summed E-state index contributed by atoms with van der Waals surface area (Å²) in [6, 6.07) is 7.62. The molecular weight excluding hydrogens is 288 g/mol. The number of amides is 1. The molecule has 0 unspecified atom stereocenters. The van der Waals surface area contributed by atoms with Gasteiger partial charge in [-0.1, -0.05) is 18.2 Å². The average molecular weight is 304 g/mol. The summed E-state index contributed by atoms with van der Waals surface area (Å²) in [5.74, 6) is 0.707. The second kappa shape index (κ2) is 7.26. The predicted octanol–water partition coefficient (Wildman–Crippen LogP) is 3.66. The second-order valence-corrected chi connectivity index (χ2v) is 6.22. The summed E-state index contributed by atoms with van der Waals surface area (Å²) in [6.45, 7) is 6.07. The van der Waals surface area contributed by atoms with E-state index in [0.29, 0.717) is 12.1 Å². The molecule has 0 aliphatic carbocycles. The van der Waals surface area contributed by atoms with E-state index in [1.807, 2.05) is 31.2 Å². The minimum Gasteiger partial charge on any atom is -0.349 e. The Labute approximate surface area is 127 Å². The van der Waals surface area contributed by atoms with Gasteiger partial charge >= 0.3 is 0 Å². The highest BCUT2D eigenvalue weighted by molar-refractivity contribution is 7.98. The van der Waals surface area contributed by atoms with Gasteiger partial charge in [0.25, 0.3) is 5.91 Å². The maximum Gasteiger partial charge on any atom is 0.252 e. The maximum absolute atomic E-state index is 12.1. The Hall–Kier alpha value is -1.59. The Kier molecular flexibility index (Phi) is 5.38. The van der Waals surface area contributed by atoms with Crippen LogP contribution in [0.1, 0.15) is 21.1 Å². The molecule has 0 saturated carbocycles. The van der Waals surface area contributed by atoms with Gasteiger partial charge in [0.15, 0.2) is 0 Å². The number of carbonyl (C=O) groups excluding carboxylic acids is 1. The highest BCUT2D eigenvalue weighted by Gasteiger charge is 2.11. The summed E-state index contributed by atoms with van der Waals surface area (Å²) in [4.78, 5) is 17.5.